The molecule has 19 heavy (non-hydrogen) atoms. The smallest absolute Gasteiger partial charge is 0.244 e. The van der Waals surface area contributed by atoms with Gasteiger partial charge in [-0.25, -0.2) is 8.42 Å². The van der Waals surface area contributed by atoms with Crippen LogP contribution >= 0.6 is 0 Å². The zero-order valence-electron chi connectivity index (χ0n) is 11.6. The second-order valence-electron chi connectivity index (χ2n) is 5.42. The maximum absolute atomic E-state index is 12.6. The highest BCUT2D eigenvalue weighted by Crippen LogP contribution is 2.30. The van der Waals surface area contributed by atoms with E-state index >= 15 is 0 Å². The Hall–Kier alpha value is -0.850. The van der Waals surface area contributed by atoms with Gasteiger partial charge in [-0.1, -0.05) is 19.8 Å². The van der Waals surface area contributed by atoms with E-state index in [-0.39, 0.29) is 6.04 Å². The molecule has 0 aromatic carbocycles. The molecule has 2 unspecified atom stereocenters. The standard InChI is InChI=1S/C13H23N3O2S/c1-10-5-3-4-6-13(10)16(2)19(17,18)12-7-11(8-14)15-9-12/h7,9-10,13,15H,3-6,8,14H2,1-2H3. The molecule has 0 spiro atoms. The highest BCUT2D eigenvalue weighted by Gasteiger charge is 2.33. The Labute approximate surface area is 115 Å². The number of sulfonamides is 1. The summed E-state index contributed by atoms with van der Waals surface area (Å²) in [6, 6.07) is 1.73. The molecule has 1 aliphatic carbocycles. The second-order valence-corrected chi connectivity index (χ2v) is 7.41. The van der Waals surface area contributed by atoms with Crippen LogP contribution in [0.15, 0.2) is 17.2 Å². The molecule has 3 N–H and O–H groups in total. The summed E-state index contributed by atoms with van der Waals surface area (Å²) < 4.78 is 26.7. The van der Waals surface area contributed by atoms with E-state index in [0.717, 1.165) is 25.0 Å². The summed E-state index contributed by atoms with van der Waals surface area (Å²) in [5.41, 5.74) is 6.25. The van der Waals surface area contributed by atoms with Gasteiger partial charge in [0, 0.05) is 31.5 Å². The number of hydrogen-bond donors (Lipinski definition) is 2. The molecule has 0 radical (unpaired) electrons. The SMILES string of the molecule is CC1CCCCC1N(C)S(=O)(=O)c1c[nH]c(CN)c1. The minimum Gasteiger partial charge on any atom is -0.363 e. The van der Waals surface area contributed by atoms with Crippen molar-refractivity contribution in [3.63, 3.8) is 0 Å². The molecule has 1 aromatic rings. The van der Waals surface area contributed by atoms with Crippen molar-refractivity contribution in [2.45, 2.75) is 50.1 Å². The molecule has 2 atom stereocenters. The summed E-state index contributed by atoms with van der Waals surface area (Å²) in [7, 11) is -1.72. The molecule has 0 bridgehead atoms. The van der Waals surface area contributed by atoms with Crippen molar-refractivity contribution in [1.82, 2.24) is 9.29 Å². The van der Waals surface area contributed by atoms with Crippen LogP contribution in [0.25, 0.3) is 0 Å². The lowest BCUT2D eigenvalue weighted by Gasteiger charge is -2.35. The highest BCUT2D eigenvalue weighted by molar-refractivity contribution is 7.89. The van der Waals surface area contributed by atoms with E-state index in [0.29, 0.717) is 17.4 Å². The van der Waals surface area contributed by atoms with Gasteiger partial charge in [0.15, 0.2) is 0 Å². The third-order valence-corrected chi connectivity index (χ3v) is 6.01. The van der Waals surface area contributed by atoms with Crippen molar-refractivity contribution in [2.75, 3.05) is 7.05 Å². The van der Waals surface area contributed by atoms with Crippen LogP contribution in [-0.4, -0.2) is 30.8 Å². The van der Waals surface area contributed by atoms with Crippen LogP contribution in [0.4, 0.5) is 0 Å². The average molecular weight is 285 g/mol. The van der Waals surface area contributed by atoms with Crippen LogP contribution < -0.4 is 5.73 Å². The van der Waals surface area contributed by atoms with E-state index in [9.17, 15) is 8.42 Å². The van der Waals surface area contributed by atoms with E-state index in [1.807, 2.05) is 0 Å². The molecule has 0 aliphatic heterocycles. The molecule has 5 nitrogen and oxygen atoms in total. The van der Waals surface area contributed by atoms with E-state index in [2.05, 4.69) is 11.9 Å². The monoisotopic (exact) mass is 285 g/mol. The predicted octanol–water partition coefficient (Wildman–Crippen LogP) is 1.67. The van der Waals surface area contributed by atoms with Crippen molar-refractivity contribution < 1.29 is 8.42 Å². The summed E-state index contributed by atoms with van der Waals surface area (Å²) in [5.74, 6) is 0.418. The Kier molecular flexibility index (Phi) is 4.32. The lowest BCUT2D eigenvalue weighted by Crippen LogP contribution is -2.42. The Bertz CT molecular complexity index is 524. The van der Waals surface area contributed by atoms with Gasteiger partial charge in [-0.05, 0) is 24.8 Å². The number of hydrogen-bond acceptors (Lipinski definition) is 3. The first-order valence-electron chi connectivity index (χ1n) is 6.82. The molecular formula is C13H23N3O2S. The Morgan fingerprint density at radius 2 is 2.11 bits per heavy atom. The van der Waals surface area contributed by atoms with Crippen molar-refractivity contribution in [1.29, 1.82) is 0 Å². The quantitative estimate of drug-likeness (QED) is 0.883. The van der Waals surface area contributed by atoms with Crippen LogP contribution in [0, 0.1) is 5.92 Å². The summed E-state index contributed by atoms with van der Waals surface area (Å²) in [4.78, 5) is 3.21. The molecule has 0 saturated heterocycles. The number of H-pyrrole nitrogens is 1. The van der Waals surface area contributed by atoms with Gasteiger partial charge in [0.05, 0.1) is 4.90 Å². The molecule has 0 amide bonds. The lowest BCUT2D eigenvalue weighted by molar-refractivity contribution is 0.213. The molecule has 2 rings (SSSR count). The van der Waals surface area contributed by atoms with Gasteiger partial charge >= 0.3 is 0 Å². The predicted molar refractivity (Wildman–Crippen MR) is 75.1 cm³/mol. The molecule has 1 heterocycles. The third kappa shape index (κ3) is 2.85. The Morgan fingerprint density at radius 1 is 1.42 bits per heavy atom. The van der Waals surface area contributed by atoms with E-state index < -0.39 is 10.0 Å². The molecule has 1 fully saturated rings. The average Bonchev–Trinajstić information content (AvgIpc) is 2.88. The molecular weight excluding hydrogens is 262 g/mol. The van der Waals surface area contributed by atoms with Gasteiger partial charge in [0.25, 0.3) is 0 Å². The summed E-state index contributed by atoms with van der Waals surface area (Å²) >= 11 is 0. The fourth-order valence-electron chi connectivity index (χ4n) is 2.87. The Morgan fingerprint density at radius 3 is 2.68 bits per heavy atom. The first-order chi connectivity index (χ1) is 8.96. The van der Waals surface area contributed by atoms with E-state index in [1.165, 1.54) is 12.6 Å². The molecule has 1 saturated carbocycles. The van der Waals surface area contributed by atoms with Gasteiger partial charge in [-0.15, -0.1) is 0 Å². The molecule has 108 valence electrons. The first-order valence-corrected chi connectivity index (χ1v) is 8.26. The minimum absolute atomic E-state index is 0.106. The topological polar surface area (TPSA) is 79.2 Å². The fraction of sp³-hybridized carbons (Fsp3) is 0.692. The normalized spacial score (nSPS) is 24.8. The van der Waals surface area contributed by atoms with Crippen molar-refractivity contribution in [2.24, 2.45) is 11.7 Å². The Balaban J connectivity index is 2.23. The lowest BCUT2D eigenvalue weighted by atomic mass is 9.86. The summed E-state index contributed by atoms with van der Waals surface area (Å²) in [5, 5.41) is 0. The molecule has 1 aromatic heterocycles. The fourth-order valence-corrected chi connectivity index (χ4v) is 4.37. The maximum atomic E-state index is 12.6. The highest BCUT2D eigenvalue weighted by atomic mass is 32.2. The number of aromatic amines is 1. The van der Waals surface area contributed by atoms with Gasteiger partial charge in [0.2, 0.25) is 10.0 Å². The van der Waals surface area contributed by atoms with Crippen LogP contribution in [0.1, 0.15) is 38.3 Å². The van der Waals surface area contributed by atoms with Crippen LogP contribution in [0.2, 0.25) is 0 Å². The number of nitrogens with one attached hydrogen (secondary N) is 1. The van der Waals surface area contributed by atoms with Crippen molar-refractivity contribution >= 4 is 10.0 Å². The molecule has 6 heteroatoms. The van der Waals surface area contributed by atoms with Gasteiger partial charge in [0.1, 0.15) is 0 Å². The second kappa shape index (κ2) is 5.64. The van der Waals surface area contributed by atoms with Gasteiger partial charge < -0.3 is 10.7 Å². The first kappa shape index (κ1) is 14.6. The molecule has 1 aliphatic rings. The van der Waals surface area contributed by atoms with E-state index in [4.69, 9.17) is 5.73 Å². The van der Waals surface area contributed by atoms with Crippen molar-refractivity contribution in [3.05, 3.63) is 18.0 Å². The zero-order valence-corrected chi connectivity index (χ0v) is 12.4. The largest absolute Gasteiger partial charge is 0.363 e. The van der Waals surface area contributed by atoms with Crippen LogP contribution in [0.3, 0.4) is 0 Å². The van der Waals surface area contributed by atoms with Crippen molar-refractivity contribution in [3.8, 4) is 0 Å². The third-order valence-electron chi connectivity index (χ3n) is 4.15. The maximum Gasteiger partial charge on any atom is 0.244 e. The van der Waals surface area contributed by atoms with Crippen LogP contribution in [0.5, 0.6) is 0 Å². The zero-order chi connectivity index (χ0) is 14.0. The van der Waals surface area contributed by atoms with E-state index in [1.54, 1.807) is 17.4 Å². The number of nitrogens with zero attached hydrogens (tertiary/aromatic N) is 1. The minimum atomic E-state index is -3.41. The number of nitrogens with two attached hydrogens (primary N) is 1. The summed E-state index contributed by atoms with van der Waals surface area (Å²) in [6.45, 7) is 2.46. The van der Waals surface area contributed by atoms with Gasteiger partial charge in [-0.3, -0.25) is 0 Å². The van der Waals surface area contributed by atoms with Crippen LogP contribution in [-0.2, 0) is 16.6 Å². The number of rotatable bonds is 4. The number of aromatic nitrogens is 1. The van der Waals surface area contributed by atoms with Gasteiger partial charge in [-0.2, -0.15) is 4.31 Å². The summed E-state index contributed by atoms with van der Waals surface area (Å²) in [6.07, 6.45) is 5.89.